The van der Waals surface area contributed by atoms with Gasteiger partial charge in [-0.3, -0.25) is 4.98 Å². The highest BCUT2D eigenvalue weighted by atomic mass is 19.3. The maximum Gasteiger partial charge on any atom is 0.272 e. The molecule has 0 spiro atoms. The molecule has 0 aliphatic heterocycles. The maximum absolute atomic E-state index is 11.6. The molecule has 0 aliphatic carbocycles. The average Bonchev–Trinajstić information content (AvgIpc) is 2.03. The average molecular weight is 158 g/mol. The van der Waals surface area contributed by atoms with Gasteiger partial charge in [-0.05, 0) is 6.07 Å². The number of hydrogen-bond donors (Lipinski definition) is 0. The molecule has 2 nitrogen and oxygen atoms in total. The molecule has 0 aliphatic rings. The van der Waals surface area contributed by atoms with Gasteiger partial charge in [0, 0.05) is 12.3 Å². The number of pyridine rings is 1. The molecule has 59 valence electrons. The Morgan fingerprint density at radius 1 is 1.64 bits per heavy atom. The Morgan fingerprint density at radius 3 is 3.00 bits per heavy atom. The molecule has 0 N–H and O–H groups in total. The van der Waals surface area contributed by atoms with E-state index in [9.17, 15) is 8.78 Å². The SMILES string of the molecule is FC(F)COc1[c]ccnc1. The highest BCUT2D eigenvalue weighted by Gasteiger charge is 2.02. The summed E-state index contributed by atoms with van der Waals surface area (Å²) in [6, 6.07) is 4.11. The van der Waals surface area contributed by atoms with Gasteiger partial charge in [0.05, 0.1) is 6.20 Å². The topological polar surface area (TPSA) is 22.1 Å². The molecule has 0 unspecified atom stereocenters. The third kappa shape index (κ3) is 2.93. The van der Waals surface area contributed by atoms with Gasteiger partial charge in [0.2, 0.25) is 0 Å². The number of rotatable bonds is 3. The molecular weight excluding hydrogens is 152 g/mol. The van der Waals surface area contributed by atoms with Crippen LogP contribution in [-0.4, -0.2) is 18.0 Å². The summed E-state index contributed by atoms with van der Waals surface area (Å²) in [5, 5.41) is 0. The Kier molecular flexibility index (Phi) is 2.77. The normalized spacial score (nSPS) is 10.1. The quantitative estimate of drug-likeness (QED) is 0.665. The first-order valence-corrected chi connectivity index (χ1v) is 3.01. The van der Waals surface area contributed by atoms with Gasteiger partial charge >= 0.3 is 0 Å². The number of halogens is 2. The van der Waals surface area contributed by atoms with Crippen LogP contribution in [0.2, 0.25) is 0 Å². The molecular formula is C7H6F2NO. The summed E-state index contributed by atoms with van der Waals surface area (Å²) in [4.78, 5) is 3.66. The number of aromatic nitrogens is 1. The van der Waals surface area contributed by atoms with E-state index in [1.165, 1.54) is 18.5 Å². The number of alkyl halides is 2. The standard InChI is InChI=1S/C7H6F2NO/c8-7(9)5-11-6-2-1-3-10-4-6/h1,3-4,7H,5H2. The van der Waals surface area contributed by atoms with Crippen LogP contribution in [0.4, 0.5) is 8.78 Å². The second-order valence-electron chi connectivity index (χ2n) is 1.80. The fraction of sp³-hybridized carbons (Fsp3) is 0.286. The molecule has 1 heterocycles. The number of nitrogens with zero attached hydrogens (tertiary/aromatic N) is 1. The van der Waals surface area contributed by atoms with Crippen molar-refractivity contribution < 1.29 is 13.5 Å². The molecule has 11 heavy (non-hydrogen) atoms. The molecule has 1 aromatic heterocycles. The van der Waals surface area contributed by atoms with Crippen LogP contribution in [0.1, 0.15) is 0 Å². The van der Waals surface area contributed by atoms with Gasteiger partial charge < -0.3 is 4.74 Å². The number of ether oxygens (including phenoxy) is 1. The lowest BCUT2D eigenvalue weighted by Crippen LogP contribution is -2.06. The Hall–Kier alpha value is -1.19. The minimum atomic E-state index is -2.45. The summed E-state index contributed by atoms with van der Waals surface area (Å²) in [7, 11) is 0. The highest BCUT2D eigenvalue weighted by Crippen LogP contribution is 2.06. The largest absolute Gasteiger partial charge is 0.485 e. The van der Waals surface area contributed by atoms with Crippen LogP contribution in [0.5, 0.6) is 5.75 Å². The zero-order chi connectivity index (χ0) is 8.10. The van der Waals surface area contributed by atoms with Crippen molar-refractivity contribution in [2.24, 2.45) is 0 Å². The summed E-state index contributed by atoms with van der Waals surface area (Å²) in [6.45, 7) is -0.609. The summed E-state index contributed by atoms with van der Waals surface area (Å²) >= 11 is 0. The fourth-order valence-corrected chi connectivity index (χ4v) is 0.542. The first kappa shape index (κ1) is 7.91. The van der Waals surface area contributed by atoms with E-state index in [0.29, 0.717) is 0 Å². The van der Waals surface area contributed by atoms with E-state index in [1.807, 2.05) is 0 Å². The summed E-state index contributed by atoms with van der Waals surface area (Å²) < 4.78 is 27.7. The van der Waals surface area contributed by atoms with Crippen molar-refractivity contribution in [3.05, 3.63) is 24.5 Å². The Balaban J connectivity index is 2.39. The van der Waals surface area contributed by atoms with Gasteiger partial charge in [-0.15, -0.1) is 0 Å². The molecule has 0 amide bonds. The molecule has 1 aromatic rings. The van der Waals surface area contributed by atoms with Crippen molar-refractivity contribution in [3.63, 3.8) is 0 Å². The van der Waals surface area contributed by atoms with Gasteiger partial charge in [0.25, 0.3) is 6.43 Å². The Bertz CT molecular complexity index is 203. The first-order valence-electron chi connectivity index (χ1n) is 3.01. The van der Waals surface area contributed by atoms with Crippen LogP contribution in [-0.2, 0) is 0 Å². The van der Waals surface area contributed by atoms with Crippen LogP contribution in [0.3, 0.4) is 0 Å². The molecule has 0 fully saturated rings. The van der Waals surface area contributed by atoms with Gasteiger partial charge in [-0.25, -0.2) is 8.78 Å². The molecule has 1 rings (SSSR count). The van der Waals surface area contributed by atoms with E-state index < -0.39 is 13.0 Å². The molecule has 0 saturated carbocycles. The van der Waals surface area contributed by atoms with Crippen molar-refractivity contribution in [2.75, 3.05) is 6.61 Å². The molecule has 0 bridgehead atoms. The lowest BCUT2D eigenvalue weighted by Gasteiger charge is -2.02. The predicted octanol–water partition coefficient (Wildman–Crippen LogP) is 1.53. The van der Waals surface area contributed by atoms with E-state index in [4.69, 9.17) is 0 Å². The van der Waals surface area contributed by atoms with Crippen molar-refractivity contribution >= 4 is 0 Å². The maximum atomic E-state index is 11.6. The number of hydrogen-bond acceptors (Lipinski definition) is 2. The van der Waals surface area contributed by atoms with Crippen LogP contribution >= 0.6 is 0 Å². The van der Waals surface area contributed by atoms with E-state index >= 15 is 0 Å². The molecule has 0 atom stereocenters. The van der Waals surface area contributed by atoms with Gasteiger partial charge in [0.1, 0.15) is 12.4 Å². The fourth-order valence-electron chi connectivity index (χ4n) is 0.542. The summed E-state index contributed by atoms with van der Waals surface area (Å²) in [6.07, 6.45) is 0.376. The predicted molar refractivity (Wildman–Crippen MR) is 34.6 cm³/mol. The van der Waals surface area contributed by atoms with E-state index in [-0.39, 0.29) is 5.75 Å². The van der Waals surface area contributed by atoms with Crippen molar-refractivity contribution in [1.82, 2.24) is 4.98 Å². The minimum Gasteiger partial charge on any atom is -0.485 e. The summed E-state index contributed by atoms with van der Waals surface area (Å²) in [5.41, 5.74) is 0. The van der Waals surface area contributed by atoms with E-state index in [0.717, 1.165) is 0 Å². The molecule has 1 radical (unpaired) electrons. The minimum absolute atomic E-state index is 0.243. The Labute approximate surface area is 62.8 Å². The van der Waals surface area contributed by atoms with E-state index in [2.05, 4.69) is 15.8 Å². The third-order valence-electron chi connectivity index (χ3n) is 0.943. The van der Waals surface area contributed by atoms with Crippen molar-refractivity contribution in [3.8, 4) is 5.75 Å². The summed E-state index contributed by atoms with van der Waals surface area (Å²) in [5.74, 6) is 0.243. The van der Waals surface area contributed by atoms with Gasteiger partial charge in [-0.2, -0.15) is 0 Å². The van der Waals surface area contributed by atoms with Gasteiger partial charge in [0.15, 0.2) is 0 Å². The van der Waals surface area contributed by atoms with Crippen LogP contribution < -0.4 is 4.74 Å². The second kappa shape index (κ2) is 3.85. The van der Waals surface area contributed by atoms with Crippen LogP contribution in [0, 0.1) is 6.07 Å². The van der Waals surface area contributed by atoms with Crippen LogP contribution in [0.15, 0.2) is 18.5 Å². The second-order valence-corrected chi connectivity index (χ2v) is 1.80. The molecule has 0 aromatic carbocycles. The monoisotopic (exact) mass is 158 g/mol. The third-order valence-corrected chi connectivity index (χ3v) is 0.943. The lowest BCUT2D eigenvalue weighted by molar-refractivity contribution is 0.0816. The van der Waals surface area contributed by atoms with Crippen LogP contribution in [0.25, 0.3) is 0 Å². The molecule has 4 heteroatoms. The van der Waals surface area contributed by atoms with Crippen molar-refractivity contribution in [2.45, 2.75) is 6.43 Å². The zero-order valence-corrected chi connectivity index (χ0v) is 5.63. The van der Waals surface area contributed by atoms with Crippen molar-refractivity contribution in [1.29, 1.82) is 0 Å². The lowest BCUT2D eigenvalue weighted by atomic mass is 10.5. The smallest absolute Gasteiger partial charge is 0.272 e. The molecule has 0 saturated heterocycles. The Morgan fingerprint density at radius 2 is 2.45 bits per heavy atom. The highest BCUT2D eigenvalue weighted by molar-refractivity contribution is 5.13. The first-order chi connectivity index (χ1) is 5.29. The van der Waals surface area contributed by atoms with Gasteiger partial charge in [-0.1, -0.05) is 0 Å². The van der Waals surface area contributed by atoms with E-state index in [1.54, 1.807) is 0 Å². The zero-order valence-electron chi connectivity index (χ0n) is 5.63.